The van der Waals surface area contributed by atoms with E-state index < -0.39 is 0 Å². The average Bonchev–Trinajstić information content (AvgIpc) is 2.78. The van der Waals surface area contributed by atoms with Gasteiger partial charge in [0.05, 0.1) is 6.54 Å². The smallest absolute Gasteiger partial charge is 0.191 e. The number of halogens is 2. The highest BCUT2D eigenvalue weighted by molar-refractivity contribution is 14.0. The molecule has 3 rings (SSSR count). The van der Waals surface area contributed by atoms with Gasteiger partial charge >= 0.3 is 0 Å². The maximum atomic E-state index is 6.07. The first-order valence-electron chi connectivity index (χ1n) is 10.9. The van der Waals surface area contributed by atoms with Gasteiger partial charge in [0.2, 0.25) is 0 Å². The third kappa shape index (κ3) is 8.46. The van der Waals surface area contributed by atoms with Crippen LogP contribution in [0.2, 0.25) is 5.02 Å². The van der Waals surface area contributed by atoms with Crippen molar-refractivity contribution in [1.29, 1.82) is 0 Å². The van der Waals surface area contributed by atoms with Crippen LogP contribution in [0, 0.1) is 0 Å². The lowest BCUT2D eigenvalue weighted by molar-refractivity contribution is 0.270. The van der Waals surface area contributed by atoms with Gasteiger partial charge in [0, 0.05) is 50.5 Å². The molecule has 0 radical (unpaired) electrons. The van der Waals surface area contributed by atoms with Crippen LogP contribution in [-0.2, 0) is 13.0 Å². The van der Waals surface area contributed by atoms with Gasteiger partial charge in [0.15, 0.2) is 5.96 Å². The van der Waals surface area contributed by atoms with Crippen molar-refractivity contribution >= 4 is 47.4 Å². The number of piperazine rings is 1. The van der Waals surface area contributed by atoms with Crippen LogP contribution in [0.25, 0.3) is 0 Å². The van der Waals surface area contributed by atoms with Crippen LogP contribution in [0.4, 0.5) is 5.82 Å². The van der Waals surface area contributed by atoms with Gasteiger partial charge in [-0.2, -0.15) is 0 Å². The largest absolute Gasteiger partial charge is 0.357 e. The summed E-state index contributed by atoms with van der Waals surface area (Å²) in [5, 5.41) is 7.51. The summed E-state index contributed by atoms with van der Waals surface area (Å²) >= 11 is 6.07. The molecule has 2 N–H and O–H groups in total. The standard InChI is InChI=1S/C23H33ClN6.HI/c1-3-25-23(27-11-8-19-6-5-7-21(24)16-19)28-18-20-9-10-26-22(17-20)30-14-12-29(4-2)13-15-30;/h5-7,9-10,16-17H,3-4,8,11-15,18H2,1-2H3,(H2,25,27,28);1H. The zero-order chi connectivity index (χ0) is 21.2. The lowest BCUT2D eigenvalue weighted by Crippen LogP contribution is -2.46. The summed E-state index contributed by atoms with van der Waals surface area (Å²) in [5.41, 5.74) is 2.39. The fourth-order valence-electron chi connectivity index (χ4n) is 3.55. The molecule has 170 valence electrons. The molecule has 2 heterocycles. The number of rotatable bonds is 8. The van der Waals surface area contributed by atoms with Crippen molar-refractivity contribution < 1.29 is 0 Å². The molecule has 1 aromatic carbocycles. The molecular weight excluding hydrogens is 523 g/mol. The van der Waals surface area contributed by atoms with Crippen LogP contribution in [-0.4, -0.2) is 61.7 Å². The molecule has 8 heteroatoms. The van der Waals surface area contributed by atoms with E-state index in [9.17, 15) is 0 Å². The van der Waals surface area contributed by atoms with E-state index >= 15 is 0 Å². The van der Waals surface area contributed by atoms with Crippen LogP contribution < -0.4 is 15.5 Å². The van der Waals surface area contributed by atoms with Crippen LogP contribution in [0.3, 0.4) is 0 Å². The quantitative estimate of drug-likeness (QED) is 0.294. The van der Waals surface area contributed by atoms with Crippen molar-refractivity contribution in [2.24, 2.45) is 4.99 Å². The maximum absolute atomic E-state index is 6.07. The molecular formula is C23H34ClIN6. The highest BCUT2D eigenvalue weighted by Gasteiger charge is 2.16. The number of nitrogens with one attached hydrogen (secondary N) is 2. The van der Waals surface area contributed by atoms with Gasteiger partial charge in [0.25, 0.3) is 0 Å². The zero-order valence-electron chi connectivity index (χ0n) is 18.5. The van der Waals surface area contributed by atoms with Crippen LogP contribution in [0.15, 0.2) is 47.6 Å². The minimum atomic E-state index is 0. The molecule has 0 unspecified atom stereocenters. The number of anilines is 1. The Labute approximate surface area is 208 Å². The second-order valence-corrected chi connectivity index (χ2v) is 7.88. The predicted molar refractivity (Wildman–Crippen MR) is 142 cm³/mol. The molecule has 0 saturated carbocycles. The summed E-state index contributed by atoms with van der Waals surface area (Å²) in [6, 6.07) is 12.2. The summed E-state index contributed by atoms with van der Waals surface area (Å²) in [5.74, 6) is 1.88. The Hall–Kier alpha value is -1.58. The van der Waals surface area contributed by atoms with E-state index in [2.05, 4.69) is 51.4 Å². The SMILES string of the molecule is CCNC(=NCc1ccnc(N2CCN(CC)CC2)c1)NCCc1cccc(Cl)c1.I. The normalized spacial score (nSPS) is 14.8. The van der Waals surface area contributed by atoms with Crippen molar-refractivity contribution in [3.63, 3.8) is 0 Å². The minimum absolute atomic E-state index is 0. The molecule has 0 atom stereocenters. The zero-order valence-corrected chi connectivity index (χ0v) is 21.6. The molecule has 1 fully saturated rings. The topological polar surface area (TPSA) is 55.8 Å². The monoisotopic (exact) mass is 556 g/mol. The number of pyridine rings is 1. The van der Waals surface area contributed by atoms with Crippen molar-refractivity contribution in [3.8, 4) is 0 Å². The molecule has 0 bridgehead atoms. The van der Waals surface area contributed by atoms with E-state index in [1.165, 1.54) is 11.1 Å². The molecule has 1 saturated heterocycles. The van der Waals surface area contributed by atoms with Crippen LogP contribution >= 0.6 is 35.6 Å². The molecule has 0 amide bonds. The summed E-state index contributed by atoms with van der Waals surface area (Å²) in [6.45, 7) is 11.9. The average molecular weight is 557 g/mol. The van der Waals surface area contributed by atoms with Crippen LogP contribution in [0.5, 0.6) is 0 Å². The number of nitrogens with zero attached hydrogens (tertiary/aromatic N) is 4. The predicted octanol–water partition coefficient (Wildman–Crippen LogP) is 3.79. The van der Waals surface area contributed by atoms with Crippen molar-refractivity contribution in [1.82, 2.24) is 20.5 Å². The Morgan fingerprint density at radius 1 is 1.06 bits per heavy atom. The van der Waals surface area contributed by atoms with Gasteiger partial charge in [-0.3, -0.25) is 0 Å². The fraction of sp³-hybridized carbons (Fsp3) is 0.478. The first kappa shape index (κ1) is 25.7. The van der Waals surface area contributed by atoms with Gasteiger partial charge in [-0.1, -0.05) is 30.7 Å². The number of aromatic nitrogens is 1. The second kappa shape index (κ2) is 13.8. The molecule has 2 aromatic rings. The Bertz CT molecular complexity index is 823. The van der Waals surface area contributed by atoms with E-state index in [4.69, 9.17) is 16.6 Å². The van der Waals surface area contributed by atoms with Crippen molar-refractivity contribution in [2.45, 2.75) is 26.8 Å². The molecule has 0 spiro atoms. The molecule has 1 aromatic heterocycles. The Morgan fingerprint density at radius 2 is 1.87 bits per heavy atom. The van der Waals surface area contributed by atoms with E-state index in [-0.39, 0.29) is 24.0 Å². The van der Waals surface area contributed by atoms with Crippen LogP contribution in [0.1, 0.15) is 25.0 Å². The van der Waals surface area contributed by atoms with Gasteiger partial charge in [-0.25, -0.2) is 9.98 Å². The first-order valence-corrected chi connectivity index (χ1v) is 11.2. The van der Waals surface area contributed by atoms with Gasteiger partial charge in [-0.05, 0) is 55.3 Å². The van der Waals surface area contributed by atoms with Crippen molar-refractivity contribution in [2.75, 3.05) is 50.7 Å². The number of hydrogen-bond donors (Lipinski definition) is 2. The summed E-state index contributed by atoms with van der Waals surface area (Å²) in [7, 11) is 0. The Kier molecular flexibility index (Phi) is 11.4. The minimum Gasteiger partial charge on any atom is -0.357 e. The number of hydrogen-bond acceptors (Lipinski definition) is 4. The molecule has 1 aliphatic rings. The lowest BCUT2D eigenvalue weighted by atomic mass is 10.1. The summed E-state index contributed by atoms with van der Waals surface area (Å²) in [6.07, 6.45) is 2.79. The number of aliphatic imine (C=N–C) groups is 1. The van der Waals surface area contributed by atoms with E-state index in [1.807, 2.05) is 30.5 Å². The van der Waals surface area contributed by atoms with Gasteiger partial charge < -0.3 is 20.4 Å². The third-order valence-corrected chi connectivity index (χ3v) is 5.55. The summed E-state index contributed by atoms with van der Waals surface area (Å²) in [4.78, 5) is 14.2. The molecule has 0 aliphatic carbocycles. The molecule has 31 heavy (non-hydrogen) atoms. The van der Waals surface area contributed by atoms with E-state index in [0.717, 1.165) is 69.0 Å². The van der Waals surface area contributed by atoms with Gasteiger partial charge in [-0.15, -0.1) is 24.0 Å². The number of likely N-dealkylation sites (N-methyl/N-ethyl adjacent to an activating group) is 1. The molecule has 1 aliphatic heterocycles. The van der Waals surface area contributed by atoms with Crippen molar-refractivity contribution in [3.05, 3.63) is 58.7 Å². The highest BCUT2D eigenvalue weighted by Crippen LogP contribution is 2.16. The Morgan fingerprint density at radius 3 is 2.58 bits per heavy atom. The molecule has 6 nitrogen and oxygen atoms in total. The van der Waals surface area contributed by atoms with Gasteiger partial charge in [0.1, 0.15) is 5.82 Å². The van der Waals surface area contributed by atoms with E-state index in [1.54, 1.807) is 0 Å². The first-order chi connectivity index (χ1) is 14.7. The number of guanidine groups is 1. The van der Waals surface area contributed by atoms with E-state index in [0.29, 0.717) is 6.54 Å². The Balaban J connectivity index is 0.00000341. The number of benzene rings is 1. The third-order valence-electron chi connectivity index (χ3n) is 5.31. The highest BCUT2D eigenvalue weighted by atomic mass is 127. The fourth-order valence-corrected chi connectivity index (χ4v) is 3.77. The lowest BCUT2D eigenvalue weighted by Gasteiger charge is -2.34. The maximum Gasteiger partial charge on any atom is 0.191 e. The second-order valence-electron chi connectivity index (χ2n) is 7.45. The summed E-state index contributed by atoms with van der Waals surface area (Å²) < 4.78 is 0.